The van der Waals surface area contributed by atoms with E-state index >= 15 is 0 Å². The van der Waals surface area contributed by atoms with Gasteiger partial charge >= 0.3 is 12.1 Å². The SMILES string of the molecule is CC(=O)N(C)c1ccc(-c2cc3onc(C(=O)Nc4ccc(C#N)cc4C(=O)O)c3cc2N(C)C(C)=O)c(C(F)(F)F)c1. The van der Waals surface area contributed by atoms with Crippen molar-refractivity contribution in [2.75, 3.05) is 29.2 Å². The Morgan fingerprint density at radius 2 is 1.63 bits per heavy atom. The van der Waals surface area contributed by atoms with Crippen molar-refractivity contribution >= 4 is 51.7 Å². The number of carbonyl (C=O) groups is 4. The number of carboxylic acid groups (broad SMARTS) is 1. The highest BCUT2D eigenvalue weighted by Crippen LogP contribution is 2.44. The largest absolute Gasteiger partial charge is 0.478 e. The van der Waals surface area contributed by atoms with E-state index in [0.717, 1.165) is 21.9 Å². The second-order valence-corrected chi connectivity index (χ2v) is 9.41. The summed E-state index contributed by atoms with van der Waals surface area (Å²) in [6, 6.07) is 11.2. The second-order valence-electron chi connectivity index (χ2n) is 9.41. The molecular formula is C29H22F3N5O6. The van der Waals surface area contributed by atoms with Crippen LogP contribution in [0.1, 0.15) is 45.8 Å². The number of rotatable bonds is 6. The van der Waals surface area contributed by atoms with E-state index in [-0.39, 0.29) is 56.0 Å². The lowest BCUT2D eigenvalue weighted by atomic mass is 9.95. The fourth-order valence-corrected chi connectivity index (χ4v) is 4.27. The molecule has 1 heterocycles. The quantitative estimate of drug-likeness (QED) is 0.305. The number of hydrogen-bond acceptors (Lipinski definition) is 7. The van der Waals surface area contributed by atoms with Gasteiger partial charge in [-0.1, -0.05) is 11.2 Å². The van der Waals surface area contributed by atoms with Crippen molar-refractivity contribution in [3.05, 3.63) is 70.9 Å². The van der Waals surface area contributed by atoms with E-state index < -0.39 is 35.4 Å². The number of hydrogen-bond donors (Lipinski definition) is 2. The number of alkyl halides is 3. The number of carboxylic acids is 1. The molecule has 3 aromatic carbocycles. The van der Waals surface area contributed by atoms with Gasteiger partial charge in [0.1, 0.15) is 0 Å². The zero-order valence-corrected chi connectivity index (χ0v) is 23.0. The van der Waals surface area contributed by atoms with Gasteiger partial charge in [0.15, 0.2) is 11.3 Å². The fraction of sp³-hybridized carbons (Fsp3) is 0.172. The predicted molar refractivity (Wildman–Crippen MR) is 149 cm³/mol. The minimum absolute atomic E-state index is 0.00622. The van der Waals surface area contributed by atoms with Gasteiger partial charge in [0.2, 0.25) is 11.8 Å². The number of amides is 3. The molecule has 0 aliphatic heterocycles. The maximum atomic E-state index is 14.3. The molecule has 4 aromatic rings. The Bertz CT molecular complexity index is 1860. The fourth-order valence-electron chi connectivity index (χ4n) is 4.27. The summed E-state index contributed by atoms with van der Waals surface area (Å²) in [4.78, 5) is 51.2. The number of carbonyl (C=O) groups excluding carboxylic acids is 3. The van der Waals surface area contributed by atoms with Crippen LogP contribution in [-0.4, -0.2) is 48.0 Å². The molecule has 4 rings (SSSR count). The molecule has 220 valence electrons. The third-order valence-electron chi connectivity index (χ3n) is 6.72. The normalized spacial score (nSPS) is 11.1. The third kappa shape index (κ3) is 5.87. The number of aromatic nitrogens is 1. The van der Waals surface area contributed by atoms with Crippen LogP contribution in [0.15, 0.2) is 53.1 Å². The molecular weight excluding hydrogens is 571 g/mol. The van der Waals surface area contributed by atoms with Crippen molar-refractivity contribution in [3.8, 4) is 17.2 Å². The van der Waals surface area contributed by atoms with Crippen LogP contribution in [0.2, 0.25) is 0 Å². The highest BCUT2D eigenvalue weighted by molar-refractivity contribution is 6.14. The van der Waals surface area contributed by atoms with Gasteiger partial charge in [-0.2, -0.15) is 18.4 Å². The molecule has 3 amide bonds. The Balaban J connectivity index is 1.89. The predicted octanol–water partition coefficient (Wildman–Crippen LogP) is 5.30. The summed E-state index contributed by atoms with van der Waals surface area (Å²) < 4.78 is 48.2. The molecule has 0 saturated carbocycles. The third-order valence-corrected chi connectivity index (χ3v) is 6.72. The van der Waals surface area contributed by atoms with E-state index in [1.54, 1.807) is 6.07 Å². The maximum Gasteiger partial charge on any atom is 0.417 e. The molecule has 0 bridgehead atoms. The molecule has 1 aromatic heterocycles. The summed E-state index contributed by atoms with van der Waals surface area (Å²) in [5.74, 6) is -3.34. The van der Waals surface area contributed by atoms with Gasteiger partial charge in [-0.3, -0.25) is 14.4 Å². The molecule has 14 heteroatoms. The molecule has 0 fully saturated rings. The van der Waals surface area contributed by atoms with E-state index in [4.69, 9.17) is 9.78 Å². The molecule has 0 aliphatic rings. The molecule has 0 saturated heterocycles. The molecule has 0 radical (unpaired) electrons. The lowest BCUT2D eigenvalue weighted by Gasteiger charge is -2.23. The number of aromatic carboxylic acids is 1. The molecule has 43 heavy (non-hydrogen) atoms. The van der Waals surface area contributed by atoms with Crippen molar-refractivity contribution in [2.24, 2.45) is 0 Å². The van der Waals surface area contributed by atoms with Crippen LogP contribution in [0.4, 0.5) is 30.2 Å². The van der Waals surface area contributed by atoms with Crippen molar-refractivity contribution in [1.29, 1.82) is 5.26 Å². The Morgan fingerprint density at radius 3 is 2.21 bits per heavy atom. The monoisotopic (exact) mass is 593 g/mol. The summed E-state index contributed by atoms with van der Waals surface area (Å²) in [6.45, 7) is 2.40. The average molecular weight is 594 g/mol. The zero-order valence-electron chi connectivity index (χ0n) is 23.0. The van der Waals surface area contributed by atoms with E-state index in [0.29, 0.717) is 0 Å². The van der Waals surface area contributed by atoms with Crippen LogP contribution >= 0.6 is 0 Å². The van der Waals surface area contributed by atoms with Crippen LogP contribution < -0.4 is 15.1 Å². The molecule has 2 N–H and O–H groups in total. The van der Waals surface area contributed by atoms with E-state index in [1.165, 1.54) is 64.3 Å². The summed E-state index contributed by atoms with van der Waals surface area (Å²) >= 11 is 0. The first-order chi connectivity index (χ1) is 20.1. The van der Waals surface area contributed by atoms with Gasteiger partial charge in [-0.25, -0.2) is 4.79 Å². The Labute approximate surface area is 241 Å². The van der Waals surface area contributed by atoms with E-state index in [9.17, 15) is 37.5 Å². The van der Waals surface area contributed by atoms with Gasteiger partial charge < -0.3 is 24.7 Å². The van der Waals surface area contributed by atoms with Crippen LogP contribution in [0.3, 0.4) is 0 Å². The van der Waals surface area contributed by atoms with Crippen LogP contribution in [-0.2, 0) is 15.8 Å². The minimum Gasteiger partial charge on any atom is -0.478 e. The van der Waals surface area contributed by atoms with Crippen LogP contribution in [0, 0.1) is 11.3 Å². The molecule has 0 unspecified atom stereocenters. The maximum absolute atomic E-state index is 14.3. The second kappa shape index (κ2) is 11.3. The summed E-state index contributed by atoms with van der Waals surface area (Å²) in [5, 5.41) is 24.7. The zero-order chi connectivity index (χ0) is 31.8. The van der Waals surface area contributed by atoms with E-state index in [1.807, 2.05) is 0 Å². The number of halogens is 3. The van der Waals surface area contributed by atoms with Crippen molar-refractivity contribution in [1.82, 2.24) is 5.16 Å². The van der Waals surface area contributed by atoms with Gasteiger partial charge in [0, 0.05) is 39.2 Å². The molecule has 0 atom stereocenters. The highest BCUT2D eigenvalue weighted by Gasteiger charge is 2.36. The average Bonchev–Trinajstić information content (AvgIpc) is 3.38. The number of nitriles is 1. The van der Waals surface area contributed by atoms with Crippen molar-refractivity contribution in [3.63, 3.8) is 0 Å². The smallest absolute Gasteiger partial charge is 0.417 e. The van der Waals surface area contributed by atoms with Gasteiger partial charge in [0.05, 0.1) is 39.5 Å². The first kappa shape index (κ1) is 30.3. The van der Waals surface area contributed by atoms with Gasteiger partial charge in [-0.05, 0) is 48.0 Å². The molecule has 0 spiro atoms. The topological polar surface area (TPSA) is 157 Å². The van der Waals surface area contributed by atoms with Crippen molar-refractivity contribution < 1.29 is 42.0 Å². The van der Waals surface area contributed by atoms with E-state index in [2.05, 4.69) is 10.5 Å². The number of nitrogens with one attached hydrogen (secondary N) is 1. The first-order valence-electron chi connectivity index (χ1n) is 12.4. The number of benzene rings is 3. The molecule has 0 aliphatic carbocycles. The summed E-state index contributed by atoms with van der Waals surface area (Å²) in [6.07, 6.45) is -4.86. The summed E-state index contributed by atoms with van der Waals surface area (Å²) in [7, 11) is 2.66. The molecule has 11 nitrogen and oxygen atoms in total. The highest BCUT2D eigenvalue weighted by atomic mass is 19.4. The lowest BCUT2D eigenvalue weighted by molar-refractivity contribution is -0.137. The lowest BCUT2D eigenvalue weighted by Crippen LogP contribution is -2.24. The van der Waals surface area contributed by atoms with Crippen molar-refractivity contribution in [2.45, 2.75) is 20.0 Å². The Morgan fingerprint density at radius 1 is 0.953 bits per heavy atom. The minimum atomic E-state index is -4.86. The van der Waals surface area contributed by atoms with Crippen LogP contribution in [0.5, 0.6) is 0 Å². The standard InChI is InChI=1S/C29H22F3N5O6/c1-14(38)36(3)17-6-7-18(22(10-17)29(30,31)32)19-12-25-21(11-24(19)37(4)15(2)39)26(35-43-25)27(40)34-23-8-5-16(13-33)9-20(23)28(41)42/h5-12H,1-4H3,(H,34,40)(H,41,42). The van der Waals surface area contributed by atoms with Gasteiger partial charge in [0.25, 0.3) is 5.91 Å². The van der Waals surface area contributed by atoms with Gasteiger partial charge in [-0.15, -0.1) is 0 Å². The Kier molecular flexibility index (Phi) is 7.94. The van der Waals surface area contributed by atoms with Crippen LogP contribution in [0.25, 0.3) is 22.1 Å². The number of nitrogens with zero attached hydrogens (tertiary/aromatic N) is 4. The number of anilines is 3. The summed E-state index contributed by atoms with van der Waals surface area (Å²) in [5.41, 5.74) is -2.41. The number of fused-ring (bicyclic) bond motifs is 1. The first-order valence-corrected chi connectivity index (χ1v) is 12.4. The Hall–Kier alpha value is -5.71.